The lowest BCUT2D eigenvalue weighted by Gasteiger charge is -2.35. The quantitative estimate of drug-likeness (QED) is 0.452. The molecule has 7 heteroatoms. The fourth-order valence-corrected chi connectivity index (χ4v) is 4.79. The summed E-state index contributed by atoms with van der Waals surface area (Å²) in [6.07, 6.45) is -1.57. The number of imide groups is 1. The van der Waals surface area contributed by atoms with Crippen LogP contribution in [0.15, 0.2) is 60.7 Å². The lowest BCUT2D eigenvalue weighted by molar-refractivity contribution is -0.170. The van der Waals surface area contributed by atoms with Crippen LogP contribution >= 0.6 is 0 Å². The van der Waals surface area contributed by atoms with Crippen LogP contribution in [0.5, 0.6) is 0 Å². The number of nitrogens with zero attached hydrogens (tertiary/aromatic N) is 1. The summed E-state index contributed by atoms with van der Waals surface area (Å²) in [6, 6.07) is 17.3. The van der Waals surface area contributed by atoms with Crippen molar-refractivity contribution in [2.24, 2.45) is 0 Å². The third kappa shape index (κ3) is 3.36. The number of fused-ring (bicyclic) bond motifs is 1. The van der Waals surface area contributed by atoms with Gasteiger partial charge in [0.1, 0.15) is 12.1 Å². The van der Waals surface area contributed by atoms with Crippen LogP contribution in [0.1, 0.15) is 51.7 Å². The van der Waals surface area contributed by atoms with Gasteiger partial charge in [0.15, 0.2) is 6.10 Å². The van der Waals surface area contributed by atoms with Crippen molar-refractivity contribution in [3.63, 3.8) is 0 Å². The predicted molar refractivity (Wildman–Crippen MR) is 118 cm³/mol. The molecule has 0 bridgehead atoms. The van der Waals surface area contributed by atoms with Gasteiger partial charge in [0.05, 0.1) is 0 Å². The van der Waals surface area contributed by atoms with E-state index in [4.69, 9.17) is 9.47 Å². The second-order valence-corrected chi connectivity index (χ2v) is 8.26. The number of hydrogen-bond acceptors (Lipinski definition) is 6. The first-order valence-electron chi connectivity index (χ1n) is 10.7. The Bertz CT molecular complexity index is 1280. The minimum Gasteiger partial charge on any atom is -0.457 e. The number of benzene rings is 3. The molecule has 1 aliphatic carbocycles. The van der Waals surface area contributed by atoms with Gasteiger partial charge in [0.2, 0.25) is 0 Å². The van der Waals surface area contributed by atoms with Gasteiger partial charge in [-0.1, -0.05) is 48.5 Å². The highest BCUT2D eigenvalue weighted by Crippen LogP contribution is 2.42. The number of rotatable bonds is 4. The standard InChI is InChI=1S/C26H21NO6/c1-14(32-15(2)28)26(31)33-21-13-17-7-3-4-10-18(17)23(21)27-24(29)19-11-5-8-16-9-6-12-20(22(16)19)25(27)30/h3-12,14,21,23H,13H2,1-2H3/t14-,21-,23+/m0/s1. The molecule has 0 aromatic heterocycles. The molecule has 0 unspecified atom stereocenters. The molecule has 0 saturated carbocycles. The van der Waals surface area contributed by atoms with Gasteiger partial charge in [-0.3, -0.25) is 19.3 Å². The van der Waals surface area contributed by atoms with E-state index in [2.05, 4.69) is 0 Å². The molecule has 1 aliphatic heterocycles. The van der Waals surface area contributed by atoms with Crippen molar-refractivity contribution in [3.05, 3.63) is 82.9 Å². The maximum Gasteiger partial charge on any atom is 0.347 e. The zero-order chi connectivity index (χ0) is 23.3. The number of ether oxygens (including phenoxy) is 2. The Kier molecular flexibility index (Phi) is 4.96. The molecule has 0 N–H and O–H groups in total. The average molecular weight is 443 g/mol. The van der Waals surface area contributed by atoms with Gasteiger partial charge in [0.25, 0.3) is 11.8 Å². The van der Waals surface area contributed by atoms with Crippen molar-refractivity contribution >= 4 is 34.5 Å². The molecular weight excluding hydrogens is 422 g/mol. The Hall–Kier alpha value is -4.00. The fourth-order valence-electron chi connectivity index (χ4n) is 4.79. The third-order valence-electron chi connectivity index (χ3n) is 6.17. The van der Waals surface area contributed by atoms with E-state index in [9.17, 15) is 19.2 Å². The summed E-state index contributed by atoms with van der Waals surface area (Å²) in [5.74, 6) is -2.19. The van der Waals surface area contributed by atoms with Crippen molar-refractivity contribution in [2.45, 2.75) is 38.5 Å². The Labute approximate surface area is 189 Å². The first kappa shape index (κ1) is 20.9. The summed E-state index contributed by atoms with van der Waals surface area (Å²) in [7, 11) is 0. The molecule has 0 saturated heterocycles. The predicted octanol–water partition coefficient (Wildman–Crippen LogP) is 3.60. The summed E-state index contributed by atoms with van der Waals surface area (Å²) < 4.78 is 10.7. The Balaban J connectivity index is 1.56. The molecule has 0 radical (unpaired) electrons. The topological polar surface area (TPSA) is 90.0 Å². The number of hydrogen-bond donors (Lipinski definition) is 0. The van der Waals surface area contributed by atoms with Gasteiger partial charge >= 0.3 is 11.9 Å². The van der Waals surface area contributed by atoms with Gasteiger partial charge in [0, 0.05) is 29.9 Å². The molecule has 2 aliphatic rings. The van der Waals surface area contributed by atoms with Crippen molar-refractivity contribution in [1.82, 2.24) is 4.90 Å². The van der Waals surface area contributed by atoms with E-state index in [0.717, 1.165) is 16.5 Å². The zero-order valence-electron chi connectivity index (χ0n) is 18.1. The van der Waals surface area contributed by atoms with Crippen LogP contribution in [0.2, 0.25) is 0 Å². The molecule has 3 atom stereocenters. The highest BCUT2D eigenvalue weighted by atomic mass is 16.6. The zero-order valence-corrected chi connectivity index (χ0v) is 18.1. The summed E-state index contributed by atoms with van der Waals surface area (Å²) in [6.45, 7) is 2.64. The first-order valence-corrected chi connectivity index (χ1v) is 10.7. The summed E-state index contributed by atoms with van der Waals surface area (Å²) in [4.78, 5) is 52.3. The van der Waals surface area contributed by atoms with Gasteiger partial charge in [-0.2, -0.15) is 0 Å². The molecule has 5 rings (SSSR count). The second-order valence-electron chi connectivity index (χ2n) is 8.26. The molecule has 33 heavy (non-hydrogen) atoms. The Morgan fingerprint density at radius 1 is 0.939 bits per heavy atom. The molecule has 166 valence electrons. The van der Waals surface area contributed by atoms with E-state index in [1.165, 1.54) is 18.7 Å². The largest absolute Gasteiger partial charge is 0.457 e. The maximum absolute atomic E-state index is 13.6. The summed E-state index contributed by atoms with van der Waals surface area (Å²) >= 11 is 0. The minimum absolute atomic E-state index is 0.336. The van der Waals surface area contributed by atoms with Crippen molar-refractivity contribution in [1.29, 1.82) is 0 Å². The summed E-state index contributed by atoms with van der Waals surface area (Å²) in [5.41, 5.74) is 2.51. The molecule has 3 aromatic carbocycles. The minimum atomic E-state index is -1.10. The first-order chi connectivity index (χ1) is 15.9. The summed E-state index contributed by atoms with van der Waals surface area (Å²) in [5, 5.41) is 1.45. The van der Waals surface area contributed by atoms with E-state index in [-0.39, 0.29) is 0 Å². The Morgan fingerprint density at radius 2 is 1.58 bits per heavy atom. The van der Waals surface area contributed by atoms with Crippen LogP contribution in [-0.2, 0) is 25.5 Å². The van der Waals surface area contributed by atoms with Gasteiger partial charge in [-0.15, -0.1) is 0 Å². The number of esters is 2. The fraction of sp³-hybridized carbons (Fsp3) is 0.231. The number of carbonyl (C=O) groups is 4. The van der Waals surface area contributed by atoms with E-state index in [1.807, 2.05) is 36.4 Å². The molecular formula is C26H21NO6. The molecule has 0 spiro atoms. The van der Waals surface area contributed by atoms with Gasteiger partial charge < -0.3 is 9.47 Å². The van der Waals surface area contributed by atoms with Crippen LogP contribution in [0, 0.1) is 0 Å². The lowest BCUT2D eigenvalue weighted by atomic mass is 9.92. The molecule has 0 fully saturated rings. The van der Waals surface area contributed by atoms with Crippen molar-refractivity contribution in [3.8, 4) is 0 Å². The highest BCUT2D eigenvalue weighted by Gasteiger charge is 2.47. The number of carbonyl (C=O) groups excluding carboxylic acids is 4. The SMILES string of the molecule is CC(=O)O[C@@H](C)C(=O)O[C@H]1Cc2ccccc2[C@H]1N1C(=O)c2cccc3cccc(c23)C1=O. The Morgan fingerprint density at radius 3 is 2.21 bits per heavy atom. The number of amides is 2. The van der Waals surface area contributed by atoms with Crippen LogP contribution in [-0.4, -0.2) is 40.9 Å². The average Bonchev–Trinajstić information content (AvgIpc) is 3.14. The van der Waals surface area contributed by atoms with Crippen molar-refractivity contribution < 1.29 is 28.7 Å². The van der Waals surface area contributed by atoms with Gasteiger partial charge in [-0.25, -0.2) is 4.79 Å². The maximum atomic E-state index is 13.6. The van der Waals surface area contributed by atoms with Crippen LogP contribution in [0.4, 0.5) is 0 Å². The van der Waals surface area contributed by atoms with E-state index < -0.39 is 42.0 Å². The van der Waals surface area contributed by atoms with Crippen LogP contribution < -0.4 is 0 Å². The monoisotopic (exact) mass is 443 g/mol. The van der Waals surface area contributed by atoms with Crippen molar-refractivity contribution in [2.75, 3.05) is 0 Å². The normalized spacial score (nSPS) is 19.9. The van der Waals surface area contributed by atoms with Crippen LogP contribution in [0.3, 0.4) is 0 Å². The smallest absolute Gasteiger partial charge is 0.347 e. The third-order valence-corrected chi connectivity index (χ3v) is 6.17. The van der Waals surface area contributed by atoms with Crippen LogP contribution in [0.25, 0.3) is 10.8 Å². The van der Waals surface area contributed by atoms with Gasteiger partial charge in [-0.05, 0) is 35.6 Å². The second kappa shape index (κ2) is 7.85. The molecule has 7 nitrogen and oxygen atoms in total. The molecule has 1 heterocycles. The highest BCUT2D eigenvalue weighted by molar-refractivity contribution is 6.25. The lowest BCUT2D eigenvalue weighted by Crippen LogP contribution is -2.47. The molecule has 3 aromatic rings. The van der Waals surface area contributed by atoms with E-state index in [0.29, 0.717) is 22.9 Å². The van der Waals surface area contributed by atoms with E-state index in [1.54, 1.807) is 24.3 Å². The van der Waals surface area contributed by atoms with E-state index >= 15 is 0 Å². The molecule has 2 amide bonds.